The van der Waals surface area contributed by atoms with E-state index < -0.39 is 29.0 Å². The number of halogens is 3. The number of alkyl halides is 2. The molecule has 3 aromatic rings. The zero-order chi connectivity index (χ0) is 16.6. The number of methoxy groups -OCH3 is 1. The Labute approximate surface area is 129 Å². The molecule has 1 aromatic heterocycles. The fraction of sp³-hybridized carbons (Fsp3) is 0.125. The molecule has 0 atom stereocenters. The highest BCUT2D eigenvalue weighted by Crippen LogP contribution is 2.36. The van der Waals surface area contributed by atoms with Gasteiger partial charge in [-0.25, -0.2) is 9.37 Å². The van der Waals surface area contributed by atoms with Gasteiger partial charge in [0.15, 0.2) is 0 Å². The van der Waals surface area contributed by atoms with E-state index in [9.17, 15) is 18.3 Å². The summed E-state index contributed by atoms with van der Waals surface area (Å²) < 4.78 is 47.0. The van der Waals surface area contributed by atoms with Crippen molar-refractivity contribution in [3.63, 3.8) is 0 Å². The van der Waals surface area contributed by atoms with Crippen LogP contribution in [0.5, 0.6) is 11.6 Å². The first-order valence-corrected chi connectivity index (χ1v) is 6.61. The molecule has 2 aromatic carbocycles. The second kappa shape index (κ2) is 5.42. The predicted octanol–water partition coefficient (Wildman–Crippen LogP) is 3.62. The SMILES string of the molecule is COc1ccc2c(O)nc(C(F)(F)c3ccc(F)cc3)nc2c1. The highest BCUT2D eigenvalue weighted by Gasteiger charge is 2.38. The topological polar surface area (TPSA) is 55.2 Å². The van der Waals surface area contributed by atoms with Gasteiger partial charge < -0.3 is 9.84 Å². The third kappa shape index (κ3) is 2.65. The first-order valence-electron chi connectivity index (χ1n) is 6.61. The standard InChI is InChI=1S/C16H11F3N2O2/c1-23-11-6-7-12-13(8-11)20-15(21-14(12)22)16(18,19)9-2-4-10(17)5-3-9/h2-8H,1H3,(H,20,21,22). The Hall–Kier alpha value is -2.83. The molecule has 1 heterocycles. The zero-order valence-electron chi connectivity index (χ0n) is 11.9. The van der Waals surface area contributed by atoms with Crippen molar-refractivity contribution in [1.82, 2.24) is 9.97 Å². The van der Waals surface area contributed by atoms with Gasteiger partial charge in [-0.15, -0.1) is 0 Å². The van der Waals surface area contributed by atoms with Gasteiger partial charge in [-0.2, -0.15) is 13.8 Å². The molecule has 0 saturated carbocycles. The summed E-state index contributed by atoms with van der Waals surface area (Å²) in [4.78, 5) is 7.31. The third-order valence-corrected chi connectivity index (χ3v) is 3.37. The molecule has 0 saturated heterocycles. The van der Waals surface area contributed by atoms with Crippen LogP contribution in [0.2, 0.25) is 0 Å². The number of aromatic hydroxyl groups is 1. The lowest BCUT2D eigenvalue weighted by molar-refractivity contribution is 0.0325. The maximum Gasteiger partial charge on any atom is 0.331 e. The van der Waals surface area contributed by atoms with Gasteiger partial charge in [0.05, 0.1) is 18.0 Å². The van der Waals surface area contributed by atoms with Crippen LogP contribution < -0.4 is 4.74 Å². The number of rotatable bonds is 3. The van der Waals surface area contributed by atoms with Crippen LogP contribution in [0.15, 0.2) is 42.5 Å². The van der Waals surface area contributed by atoms with E-state index in [1.165, 1.54) is 19.2 Å². The average molecular weight is 320 g/mol. The van der Waals surface area contributed by atoms with Gasteiger partial charge in [-0.1, -0.05) is 0 Å². The van der Waals surface area contributed by atoms with Gasteiger partial charge in [-0.3, -0.25) is 0 Å². The summed E-state index contributed by atoms with van der Waals surface area (Å²) in [6.07, 6.45) is 0. The number of nitrogens with zero attached hydrogens (tertiary/aromatic N) is 2. The Balaban J connectivity index is 2.16. The first-order chi connectivity index (χ1) is 10.9. The van der Waals surface area contributed by atoms with Gasteiger partial charge in [0.1, 0.15) is 11.6 Å². The molecule has 0 fully saturated rings. The van der Waals surface area contributed by atoms with E-state index in [0.29, 0.717) is 5.75 Å². The average Bonchev–Trinajstić information content (AvgIpc) is 2.54. The van der Waals surface area contributed by atoms with Crippen LogP contribution in [0.4, 0.5) is 13.2 Å². The summed E-state index contributed by atoms with van der Waals surface area (Å²) in [5, 5.41) is 10.1. The van der Waals surface area contributed by atoms with Gasteiger partial charge >= 0.3 is 5.92 Å². The quantitative estimate of drug-likeness (QED) is 0.801. The van der Waals surface area contributed by atoms with Crippen molar-refractivity contribution in [2.24, 2.45) is 0 Å². The number of ether oxygens (including phenoxy) is 1. The van der Waals surface area contributed by atoms with Crippen molar-refractivity contribution in [2.75, 3.05) is 7.11 Å². The van der Waals surface area contributed by atoms with E-state index in [0.717, 1.165) is 24.3 Å². The molecule has 4 nitrogen and oxygen atoms in total. The Kier molecular flexibility index (Phi) is 3.55. The molecule has 1 N–H and O–H groups in total. The summed E-state index contributed by atoms with van der Waals surface area (Å²) in [6, 6.07) is 8.20. The summed E-state index contributed by atoms with van der Waals surface area (Å²) in [5.41, 5.74) is -0.353. The molecule has 0 radical (unpaired) electrons. The highest BCUT2D eigenvalue weighted by molar-refractivity contribution is 5.84. The summed E-state index contributed by atoms with van der Waals surface area (Å²) in [7, 11) is 1.43. The van der Waals surface area contributed by atoms with E-state index in [2.05, 4.69) is 9.97 Å². The molecule has 0 aliphatic rings. The zero-order valence-corrected chi connectivity index (χ0v) is 11.9. The van der Waals surface area contributed by atoms with E-state index >= 15 is 0 Å². The van der Waals surface area contributed by atoms with Gasteiger partial charge in [0, 0.05) is 11.6 Å². The predicted molar refractivity (Wildman–Crippen MR) is 77.2 cm³/mol. The molecular formula is C16H11F3N2O2. The van der Waals surface area contributed by atoms with Crippen molar-refractivity contribution >= 4 is 10.9 Å². The van der Waals surface area contributed by atoms with Crippen LogP contribution in [-0.2, 0) is 5.92 Å². The molecule has 0 unspecified atom stereocenters. The lowest BCUT2D eigenvalue weighted by Gasteiger charge is -2.16. The van der Waals surface area contributed by atoms with Gasteiger partial charge in [0.2, 0.25) is 11.7 Å². The monoisotopic (exact) mass is 320 g/mol. The minimum Gasteiger partial charge on any atom is -0.497 e. The largest absolute Gasteiger partial charge is 0.497 e. The molecule has 3 rings (SSSR count). The van der Waals surface area contributed by atoms with Crippen LogP contribution in [-0.4, -0.2) is 22.2 Å². The van der Waals surface area contributed by atoms with Crippen molar-refractivity contribution in [2.45, 2.75) is 5.92 Å². The van der Waals surface area contributed by atoms with Crippen LogP contribution in [0.1, 0.15) is 11.4 Å². The highest BCUT2D eigenvalue weighted by atomic mass is 19.3. The van der Waals surface area contributed by atoms with Crippen LogP contribution in [0, 0.1) is 5.82 Å². The Morgan fingerprint density at radius 1 is 1.04 bits per heavy atom. The molecule has 0 amide bonds. The van der Waals surface area contributed by atoms with Crippen LogP contribution in [0.25, 0.3) is 10.9 Å². The number of benzene rings is 2. The van der Waals surface area contributed by atoms with E-state index in [1.807, 2.05) is 0 Å². The number of fused-ring (bicyclic) bond motifs is 1. The summed E-state index contributed by atoms with van der Waals surface area (Å²) in [6.45, 7) is 0. The maximum absolute atomic E-state index is 14.5. The van der Waals surface area contributed by atoms with E-state index in [-0.39, 0.29) is 10.9 Å². The normalized spacial score (nSPS) is 11.7. The van der Waals surface area contributed by atoms with Crippen LogP contribution in [0.3, 0.4) is 0 Å². The number of hydrogen-bond acceptors (Lipinski definition) is 4. The van der Waals surface area contributed by atoms with Crippen molar-refractivity contribution in [3.05, 3.63) is 59.7 Å². The lowest BCUT2D eigenvalue weighted by Crippen LogP contribution is -2.19. The minimum absolute atomic E-state index is 0.119. The Morgan fingerprint density at radius 3 is 2.39 bits per heavy atom. The number of hydrogen-bond donors (Lipinski definition) is 1. The van der Waals surface area contributed by atoms with E-state index in [4.69, 9.17) is 4.74 Å². The molecule has 0 bridgehead atoms. The fourth-order valence-electron chi connectivity index (χ4n) is 2.15. The smallest absolute Gasteiger partial charge is 0.331 e. The van der Waals surface area contributed by atoms with Gasteiger partial charge in [-0.05, 0) is 36.4 Å². The fourth-order valence-corrected chi connectivity index (χ4v) is 2.15. The molecule has 0 spiro atoms. The second-order valence-electron chi connectivity index (χ2n) is 4.84. The molecule has 0 aliphatic carbocycles. The first kappa shape index (κ1) is 15.1. The van der Waals surface area contributed by atoms with E-state index in [1.54, 1.807) is 6.07 Å². The molecular weight excluding hydrogens is 309 g/mol. The van der Waals surface area contributed by atoms with Crippen LogP contribution >= 0.6 is 0 Å². The maximum atomic E-state index is 14.5. The molecule has 118 valence electrons. The summed E-state index contributed by atoms with van der Waals surface area (Å²) in [5.74, 6) is -5.23. The summed E-state index contributed by atoms with van der Waals surface area (Å²) >= 11 is 0. The Morgan fingerprint density at radius 2 is 1.74 bits per heavy atom. The molecule has 0 aliphatic heterocycles. The van der Waals surface area contributed by atoms with Crippen molar-refractivity contribution in [1.29, 1.82) is 0 Å². The van der Waals surface area contributed by atoms with Gasteiger partial charge in [0.25, 0.3) is 0 Å². The second-order valence-corrected chi connectivity index (χ2v) is 4.84. The molecule has 23 heavy (non-hydrogen) atoms. The number of aromatic nitrogens is 2. The van der Waals surface area contributed by atoms with Crippen molar-refractivity contribution in [3.8, 4) is 11.6 Å². The third-order valence-electron chi connectivity index (χ3n) is 3.37. The van der Waals surface area contributed by atoms with Crippen molar-refractivity contribution < 1.29 is 23.0 Å². The minimum atomic E-state index is -3.58. The lowest BCUT2D eigenvalue weighted by atomic mass is 10.1. The Bertz CT molecular complexity index is 867. The molecule has 7 heteroatoms.